The molecule has 0 bridgehead atoms. The van der Waals surface area contributed by atoms with Gasteiger partial charge in [-0.25, -0.2) is 4.79 Å². The number of esters is 1. The van der Waals surface area contributed by atoms with Crippen molar-refractivity contribution in [3.8, 4) is 0 Å². The molecule has 0 aliphatic carbocycles. The Hall–Kier alpha value is -1.33. The van der Waals surface area contributed by atoms with E-state index in [4.69, 9.17) is 0 Å². The molecular formula is C14H21N3O2. The van der Waals surface area contributed by atoms with Crippen molar-refractivity contribution in [2.45, 2.75) is 37.9 Å². The summed E-state index contributed by atoms with van der Waals surface area (Å²) in [6.07, 6.45) is 3.88. The highest BCUT2D eigenvalue weighted by atomic mass is 16.5. The number of aromatic amines is 1. The van der Waals surface area contributed by atoms with Gasteiger partial charge in [0.1, 0.15) is 5.69 Å². The van der Waals surface area contributed by atoms with Gasteiger partial charge in [-0.05, 0) is 37.9 Å². The second kappa shape index (κ2) is 5.35. The molecule has 104 valence electrons. The van der Waals surface area contributed by atoms with Crippen molar-refractivity contribution in [3.63, 3.8) is 0 Å². The van der Waals surface area contributed by atoms with E-state index in [2.05, 4.69) is 19.9 Å². The molecule has 2 aliphatic rings. The Balaban J connectivity index is 1.54. The summed E-state index contributed by atoms with van der Waals surface area (Å²) in [4.78, 5) is 17.0. The molecule has 2 aliphatic heterocycles. The molecule has 5 nitrogen and oxygen atoms in total. The zero-order chi connectivity index (χ0) is 13.2. The predicted octanol–water partition coefficient (Wildman–Crippen LogP) is 1.13. The molecule has 3 heterocycles. The molecule has 2 atom stereocenters. The van der Waals surface area contributed by atoms with E-state index in [1.54, 1.807) is 6.07 Å². The fraction of sp³-hybridized carbons (Fsp3) is 0.643. The summed E-state index contributed by atoms with van der Waals surface area (Å²) in [6, 6.07) is 5.03. The number of hydrogen-bond donors (Lipinski definition) is 2. The lowest BCUT2D eigenvalue weighted by Gasteiger charge is -2.21. The van der Waals surface area contributed by atoms with Crippen LogP contribution < -0.4 is 5.32 Å². The van der Waals surface area contributed by atoms with Crippen LogP contribution in [0, 0.1) is 0 Å². The number of nitrogens with zero attached hydrogens (tertiary/aromatic N) is 1. The minimum atomic E-state index is -0.311. The normalized spacial score (nSPS) is 26.6. The van der Waals surface area contributed by atoms with Crippen molar-refractivity contribution in [1.29, 1.82) is 0 Å². The number of fused-ring (bicyclic) bond motifs is 1. The van der Waals surface area contributed by atoms with Crippen molar-refractivity contribution in [3.05, 3.63) is 23.5 Å². The molecule has 0 amide bonds. The maximum atomic E-state index is 11.4. The van der Waals surface area contributed by atoms with Crippen molar-refractivity contribution in [2.24, 2.45) is 0 Å². The molecule has 0 saturated carbocycles. The molecule has 2 N–H and O–H groups in total. The number of carbonyl (C=O) groups excluding carboxylic acids is 1. The highest BCUT2D eigenvalue weighted by molar-refractivity contribution is 5.87. The Morgan fingerprint density at radius 2 is 2.37 bits per heavy atom. The highest BCUT2D eigenvalue weighted by Crippen LogP contribution is 2.27. The molecule has 5 heteroatoms. The molecule has 0 spiro atoms. The summed E-state index contributed by atoms with van der Waals surface area (Å²) in [5.74, 6) is -0.311. The first-order chi connectivity index (χ1) is 9.28. The Morgan fingerprint density at radius 1 is 1.47 bits per heavy atom. The van der Waals surface area contributed by atoms with E-state index >= 15 is 0 Å². The number of rotatable bonds is 4. The SMILES string of the molecule is COC(=O)c1ccc(CNC2CCN3CCCC23)[nH]1. The Morgan fingerprint density at radius 3 is 3.21 bits per heavy atom. The van der Waals surface area contributed by atoms with Crippen LogP contribution in [0.5, 0.6) is 0 Å². The monoisotopic (exact) mass is 263 g/mol. The molecule has 2 fully saturated rings. The van der Waals surface area contributed by atoms with Crippen LogP contribution in [0.4, 0.5) is 0 Å². The quantitative estimate of drug-likeness (QED) is 0.800. The maximum Gasteiger partial charge on any atom is 0.354 e. The third-order valence-electron chi connectivity index (χ3n) is 4.31. The van der Waals surface area contributed by atoms with Crippen molar-refractivity contribution >= 4 is 5.97 Å². The number of H-pyrrole nitrogens is 1. The van der Waals surface area contributed by atoms with Gasteiger partial charge in [-0.2, -0.15) is 0 Å². The second-order valence-corrected chi connectivity index (χ2v) is 5.41. The molecule has 3 rings (SSSR count). The minimum Gasteiger partial charge on any atom is -0.464 e. The standard InChI is InChI=1S/C14H21N3O2/c1-19-14(18)12-5-4-10(16-12)9-15-11-6-8-17-7-2-3-13(11)17/h4-5,11,13,15-16H,2-3,6-9H2,1H3. The smallest absolute Gasteiger partial charge is 0.354 e. The van der Waals surface area contributed by atoms with E-state index in [0.717, 1.165) is 18.3 Å². The molecule has 0 aromatic carbocycles. The molecule has 1 aromatic rings. The Labute approximate surface area is 113 Å². The van der Waals surface area contributed by atoms with Crippen LogP contribution in [0.1, 0.15) is 35.4 Å². The first kappa shape index (κ1) is 12.7. The number of aromatic nitrogens is 1. The van der Waals surface area contributed by atoms with Gasteiger partial charge in [-0.15, -0.1) is 0 Å². The molecule has 1 aromatic heterocycles. The van der Waals surface area contributed by atoms with E-state index in [1.807, 2.05) is 6.07 Å². The van der Waals surface area contributed by atoms with Gasteiger partial charge in [0.2, 0.25) is 0 Å². The summed E-state index contributed by atoms with van der Waals surface area (Å²) in [5, 5.41) is 3.61. The fourth-order valence-corrected chi connectivity index (χ4v) is 3.33. The van der Waals surface area contributed by atoms with E-state index in [-0.39, 0.29) is 5.97 Å². The van der Waals surface area contributed by atoms with Crippen molar-refractivity contribution < 1.29 is 9.53 Å². The Bertz CT molecular complexity index is 457. The predicted molar refractivity (Wildman–Crippen MR) is 72.0 cm³/mol. The van der Waals surface area contributed by atoms with Gasteiger partial charge in [-0.3, -0.25) is 4.90 Å². The van der Waals surface area contributed by atoms with E-state index in [9.17, 15) is 4.79 Å². The molecule has 0 radical (unpaired) electrons. The van der Waals surface area contributed by atoms with Gasteiger partial charge in [0.05, 0.1) is 7.11 Å². The third-order valence-corrected chi connectivity index (χ3v) is 4.31. The molecule has 2 unspecified atom stereocenters. The van der Waals surface area contributed by atoms with Crippen molar-refractivity contribution in [2.75, 3.05) is 20.2 Å². The third kappa shape index (κ3) is 2.53. The number of ether oxygens (including phenoxy) is 1. The lowest BCUT2D eigenvalue weighted by atomic mass is 10.1. The number of nitrogens with one attached hydrogen (secondary N) is 2. The maximum absolute atomic E-state index is 11.4. The first-order valence-electron chi connectivity index (χ1n) is 7.01. The largest absolute Gasteiger partial charge is 0.464 e. The number of carbonyl (C=O) groups is 1. The Kier molecular flexibility index (Phi) is 3.57. The first-order valence-corrected chi connectivity index (χ1v) is 7.01. The average Bonchev–Trinajstić information content (AvgIpc) is 3.12. The van der Waals surface area contributed by atoms with Crippen molar-refractivity contribution in [1.82, 2.24) is 15.2 Å². The van der Waals surface area contributed by atoms with Crippen LogP contribution in [0.25, 0.3) is 0 Å². The topological polar surface area (TPSA) is 57.4 Å². The van der Waals surface area contributed by atoms with Gasteiger partial charge in [0.15, 0.2) is 0 Å². The van der Waals surface area contributed by atoms with Crippen LogP contribution in [0.2, 0.25) is 0 Å². The number of methoxy groups -OCH3 is 1. The van der Waals surface area contributed by atoms with Gasteiger partial charge >= 0.3 is 5.97 Å². The summed E-state index contributed by atoms with van der Waals surface area (Å²) in [5.41, 5.74) is 1.56. The van der Waals surface area contributed by atoms with Crippen LogP contribution in [-0.4, -0.2) is 48.1 Å². The van der Waals surface area contributed by atoms with Gasteiger partial charge in [0, 0.05) is 30.9 Å². The summed E-state index contributed by atoms with van der Waals surface area (Å²) in [6.45, 7) is 3.27. The molecule has 2 saturated heterocycles. The highest BCUT2D eigenvalue weighted by Gasteiger charge is 2.36. The number of hydrogen-bond acceptors (Lipinski definition) is 4. The molecular weight excluding hydrogens is 242 g/mol. The molecule has 19 heavy (non-hydrogen) atoms. The van der Waals surface area contributed by atoms with Gasteiger partial charge in [-0.1, -0.05) is 0 Å². The van der Waals surface area contributed by atoms with E-state index in [1.165, 1.54) is 39.5 Å². The van der Waals surface area contributed by atoms with Crippen LogP contribution in [0.3, 0.4) is 0 Å². The summed E-state index contributed by atoms with van der Waals surface area (Å²) < 4.78 is 4.69. The lowest BCUT2D eigenvalue weighted by molar-refractivity contribution is 0.0594. The van der Waals surface area contributed by atoms with Crippen LogP contribution in [-0.2, 0) is 11.3 Å². The zero-order valence-corrected chi connectivity index (χ0v) is 11.3. The van der Waals surface area contributed by atoms with Crippen LogP contribution >= 0.6 is 0 Å². The summed E-state index contributed by atoms with van der Waals surface area (Å²) in [7, 11) is 1.40. The van der Waals surface area contributed by atoms with E-state index < -0.39 is 0 Å². The zero-order valence-electron chi connectivity index (χ0n) is 11.3. The van der Waals surface area contributed by atoms with Crippen LogP contribution in [0.15, 0.2) is 12.1 Å². The second-order valence-electron chi connectivity index (χ2n) is 5.41. The lowest BCUT2D eigenvalue weighted by Crippen LogP contribution is -2.38. The summed E-state index contributed by atoms with van der Waals surface area (Å²) >= 11 is 0. The average molecular weight is 263 g/mol. The minimum absolute atomic E-state index is 0.311. The van der Waals surface area contributed by atoms with E-state index in [0.29, 0.717) is 11.7 Å². The van der Waals surface area contributed by atoms with Gasteiger partial charge < -0.3 is 15.0 Å². The fourth-order valence-electron chi connectivity index (χ4n) is 3.33. The van der Waals surface area contributed by atoms with Gasteiger partial charge in [0.25, 0.3) is 0 Å².